The molecule has 0 spiro atoms. The Labute approximate surface area is 108 Å². The number of aromatic nitrogens is 2. The first kappa shape index (κ1) is 13.3. The molecule has 0 bridgehead atoms. The van der Waals surface area contributed by atoms with E-state index in [0.29, 0.717) is 18.2 Å². The fourth-order valence-electron chi connectivity index (χ4n) is 2.89. The van der Waals surface area contributed by atoms with Gasteiger partial charge in [-0.15, -0.1) is 0 Å². The Morgan fingerprint density at radius 1 is 1.39 bits per heavy atom. The van der Waals surface area contributed by atoms with Crippen LogP contribution in [0.5, 0.6) is 0 Å². The molecule has 1 heterocycles. The highest BCUT2D eigenvalue weighted by atomic mass is 16.1. The van der Waals surface area contributed by atoms with Crippen molar-refractivity contribution in [3.63, 3.8) is 0 Å². The number of hydrogen-bond donors (Lipinski definition) is 2. The number of nitrogens with one attached hydrogen (secondary N) is 1. The van der Waals surface area contributed by atoms with E-state index >= 15 is 0 Å². The standard InChI is InChI=1S/C14H23N3O/c1-9(2)10-3-5-11(6-4-10)14-16-12(8-15)7-13(18)17-14/h7,9-11H,3-6,8,15H2,1-2H3,(H,16,17,18). The van der Waals surface area contributed by atoms with E-state index in [2.05, 4.69) is 23.8 Å². The van der Waals surface area contributed by atoms with Gasteiger partial charge < -0.3 is 10.7 Å². The Kier molecular flexibility index (Phi) is 4.17. The van der Waals surface area contributed by atoms with Crippen LogP contribution in [0.4, 0.5) is 0 Å². The van der Waals surface area contributed by atoms with Gasteiger partial charge in [0.25, 0.3) is 5.56 Å². The predicted octanol–water partition coefficient (Wildman–Crippen LogP) is 2.16. The van der Waals surface area contributed by atoms with E-state index in [1.807, 2.05) is 0 Å². The van der Waals surface area contributed by atoms with Crippen LogP contribution < -0.4 is 11.3 Å². The number of hydrogen-bond acceptors (Lipinski definition) is 3. The summed E-state index contributed by atoms with van der Waals surface area (Å²) in [5.74, 6) is 2.82. The second-order valence-corrected chi connectivity index (χ2v) is 5.68. The van der Waals surface area contributed by atoms with Gasteiger partial charge >= 0.3 is 0 Å². The van der Waals surface area contributed by atoms with Crippen molar-refractivity contribution in [3.05, 3.63) is 27.9 Å². The molecule has 1 aromatic rings. The van der Waals surface area contributed by atoms with Crippen LogP contribution in [0.1, 0.15) is 57.0 Å². The minimum atomic E-state index is -0.0774. The summed E-state index contributed by atoms with van der Waals surface area (Å²) >= 11 is 0. The Hall–Kier alpha value is -1.16. The maximum Gasteiger partial charge on any atom is 0.251 e. The average molecular weight is 249 g/mol. The minimum absolute atomic E-state index is 0.0774. The van der Waals surface area contributed by atoms with Crippen molar-refractivity contribution < 1.29 is 0 Å². The van der Waals surface area contributed by atoms with Crippen molar-refractivity contribution in [2.24, 2.45) is 17.6 Å². The van der Waals surface area contributed by atoms with Crippen LogP contribution in [0.25, 0.3) is 0 Å². The Balaban J connectivity index is 2.09. The molecule has 2 rings (SSSR count). The second kappa shape index (κ2) is 5.65. The lowest BCUT2D eigenvalue weighted by Gasteiger charge is -2.30. The molecule has 0 atom stereocenters. The number of rotatable bonds is 3. The second-order valence-electron chi connectivity index (χ2n) is 5.68. The lowest BCUT2D eigenvalue weighted by Crippen LogP contribution is -2.22. The largest absolute Gasteiger partial charge is 0.325 e. The Morgan fingerprint density at radius 2 is 2.06 bits per heavy atom. The van der Waals surface area contributed by atoms with E-state index in [4.69, 9.17) is 5.73 Å². The maximum atomic E-state index is 11.5. The summed E-state index contributed by atoms with van der Waals surface area (Å²) in [6.45, 7) is 4.92. The molecule has 18 heavy (non-hydrogen) atoms. The molecule has 0 unspecified atom stereocenters. The van der Waals surface area contributed by atoms with Crippen LogP contribution in [0.15, 0.2) is 10.9 Å². The van der Waals surface area contributed by atoms with Crippen LogP contribution in [-0.2, 0) is 6.54 Å². The van der Waals surface area contributed by atoms with Gasteiger partial charge in [0.2, 0.25) is 0 Å². The van der Waals surface area contributed by atoms with E-state index in [1.54, 1.807) is 0 Å². The van der Waals surface area contributed by atoms with Crippen molar-refractivity contribution in [2.45, 2.75) is 52.0 Å². The number of aromatic amines is 1. The van der Waals surface area contributed by atoms with Gasteiger partial charge in [-0.2, -0.15) is 0 Å². The van der Waals surface area contributed by atoms with E-state index in [1.165, 1.54) is 18.9 Å². The summed E-state index contributed by atoms with van der Waals surface area (Å²) in [5.41, 5.74) is 6.18. The number of H-pyrrole nitrogens is 1. The van der Waals surface area contributed by atoms with Crippen LogP contribution >= 0.6 is 0 Å². The Bertz CT molecular complexity index is 445. The molecule has 1 fully saturated rings. The maximum absolute atomic E-state index is 11.5. The molecule has 1 saturated carbocycles. The SMILES string of the molecule is CC(C)C1CCC(c2nc(CN)cc(=O)[nH]2)CC1. The first-order valence-corrected chi connectivity index (χ1v) is 6.90. The van der Waals surface area contributed by atoms with Crippen LogP contribution in [-0.4, -0.2) is 9.97 Å². The molecule has 0 aliphatic heterocycles. The molecule has 0 aromatic carbocycles. The normalized spacial score (nSPS) is 24.4. The zero-order valence-electron chi connectivity index (χ0n) is 11.3. The quantitative estimate of drug-likeness (QED) is 0.862. The van der Waals surface area contributed by atoms with Crippen molar-refractivity contribution in [2.75, 3.05) is 0 Å². The number of nitrogens with zero attached hydrogens (tertiary/aromatic N) is 1. The van der Waals surface area contributed by atoms with E-state index in [9.17, 15) is 4.79 Å². The van der Waals surface area contributed by atoms with Gasteiger partial charge in [-0.1, -0.05) is 13.8 Å². The molecule has 3 N–H and O–H groups in total. The zero-order chi connectivity index (χ0) is 13.1. The number of nitrogens with two attached hydrogens (primary N) is 1. The Morgan fingerprint density at radius 3 is 2.61 bits per heavy atom. The topological polar surface area (TPSA) is 71.8 Å². The molecule has 4 heteroatoms. The summed E-state index contributed by atoms with van der Waals surface area (Å²) in [5, 5.41) is 0. The first-order valence-electron chi connectivity index (χ1n) is 6.90. The molecular formula is C14H23N3O. The van der Waals surface area contributed by atoms with Gasteiger partial charge in [0.05, 0.1) is 5.69 Å². The highest BCUT2D eigenvalue weighted by Gasteiger charge is 2.25. The molecule has 0 amide bonds. The summed E-state index contributed by atoms with van der Waals surface area (Å²) in [7, 11) is 0. The van der Waals surface area contributed by atoms with Crippen molar-refractivity contribution in [1.29, 1.82) is 0 Å². The summed E-state index contributed by atoms with van der Waals surface area (Å²) in [4.78, 5) is 18.9. The summed E-state index contributed by atoms with van der Waals surface area (Å²) in [6, 6.07) is 1.49. The van der Waals surface area contributed by atoms with Gasteiger partial charge in [-0.25, -0.2) is 4.98 Å². The molecule has 1 aliphatic carbocycles. The van der Waals surface area contributed by atoms with Crippen molar-refractivity contribution in [1.82, 2.24) is 9.97 Å². The third-order valence-electron chi connectivity index (χ3n) is 4.12. The molecule has 4 nitrogen and oxygen atoms in total. The van der Waals surface area contributed by atoms with Crippen LogP contribution in [0.2, 0.25) is 0 Å². The monoisotopic (exact) mass is 249 g/mol. The lowest BCUT2D eigenvalue weighted by molar-refractivity contribution is 0.254. The molecule has 1 aromatic heterocycles. The molecular weight excluding hydrogens is 226 g/mol. The first-order chi connectivity index (χ1) is 8.60. The zero-order valence-corrected chi connectivity index (χ0v) is 11.3. The van der Waals surface area contributed by atoms with Gasteiger partial charge in [0.15, 0.2) is 0 Å². The lowest BCUT2D eigenvalue weighted by atomic mass is 9.77. The van der Waals surface area contributed by atoms with E-state index < -0.39 is 0 Å². The fraction of sp³-hybridized carbons (Fsp3) is 0.714. The molecule has 100 valence electrons. The van der Waals surface area contributed by atoms with E-state index in [-0.39, 0.29) is 5.56 Å². The van der Waals surface area contributed by atoms with Gasteiger partial charge in [0.1, 0.15) is 5.82 Å². The van der Waals surface area contributed by atoms with Crippen LogP contribution in [0, 0.1) is 11.8 Å². The molecule has 1 aliphatic rings. The van der Waals surface area contributed by atoms with Crippen molar-refractivity contribution >= 4 is 0 Å². The van der Waals surface area contributed by atoms with Gasteiger partial charge in [0, 0.05) is 18.5 Å². The third-order valence-corrected chi connectivity index (χ3v) is 4.12. The highest BCUT2D eigenvalue weighted by molar-refractivity contribution is 5.06. The molecule has 0 saturated heterocycles. The van der Waals surface area contributed by atoms with Crippen molar-refractivity contribution in [3.8, 4) is 0 Å². The fourth-order valence-corrected chi connectivity index (χ4v) is 2.89. The summed E-state index contributed by atoms with van der Waals surface area (Å²) < 4.78 is 0. The van der Waals surface area contributed by atoms with Gasteiger partial charge in [-0.05, 0) is 37.5 Å². The molecule has 0 radical (unpaired) electrons. The smallest absolute Gasteiger partial charge is 0.251 e. The minimum Gasteiger partial charge on any atom is -0.325 e. The van der Waals surface area contributed by atoms with Crippen LogP contribution in [0.3, 0.4) is 0 Å². The van der Waals surface area contributed by atoms with Gasteiger partial charge in [-0.3, -0.25) is 4.79 Å². The summed E-state index contributed by atoms with van der Waals surface area (Å²) in [6.07, 6.45) is 4.72. The average Bonchev–Trinajstić information content (AvgIpc) is 2.38. The predicted molar refractivity (Wildman–Crippen MR) is 72.3 cm³/mol. The highest BCUT2D eigenvalue weighted by Crippen LogP contribution is 2.37. The third kappa shape index (κ3) is 2.99. The van der Waals surface area contributed by atoms with E-state index in [0.717, 1.165) is 30.5 Å².